The maximum Gasteiger partial charge on any atom is 0.222 e. The van der Waals surface area contributed by atoms with Crippen LogP contribution >= 0.6 is 11.6 Å². The van der Waals surface area contributed by atoms with E-state index in [9.17, 15) is 4.79 Å². The molecule has 2 rings (SSSR count). The number of halogens is 1. The Bertz CT molecular complexity index is 367. The van der Waals surface area contributed by atoms with E-state index in [1.165, 1.54) is 0 Å². The van der Waals surface area contributed by atoms with E-state index in [2.05, 4.69) is 5.32 Å². The standard InChI is InChI=1S/C10H11ClN2O/c11-7-3-1-2-6(4-7)10-8(12)5-9(14)13-10/h1-4,8,10H,5,12H2,(H,13,14)/t8-,10+/m1/s1. The Labute approximate surface area is 87.2 Å². The van der Waals surface area contributed by atoms with Gasteiger partial charge in [-0.3, -0.25) is 4.79 Å². The topological polar surface area (TPSA) is 55.1 Å². The number of nitrogens with one attached hydrogen (secondary N) is 1. The molecule has 3 N–H and O–H groups in total. The number of rotatable bonds is 1. The largest absolute Gasteiger partial charge is 0.348 e. The summed E-state index contributed by atoms with van der Waals surface area (Å²) in [6, 6.07) is 7.16. The number of carbonyl (C=O) groups excluding carboxylic acids is 1. The van der Waals surface area contributed by atoms with Gasteiger partial charge in [-0.1, -0.05) is 23.7 Å². The molecule has 0 radical (unpaired) electrons. The average molecular weight is 211 g/mol. The second-order valence-electron chi connectivity index (χ2n) is 3.47. The fourth-order valence-electron chi connectivity index (χ4n) is 1.70. The van der Waals surface area contributed by atoms with Crippen LogP contribution in [0.1, 0.15) is 18.0 Å². The molecule has 0 spiro atoms. The van der Waals surface area contributed by atoms with Crippen molar-refractivity contribution in [2.75, 3.05) is 0 Å². The summed E-state index contributed by atoms with van der Waals surface area (Å²) in [5.74, 6) is 0.00229. The lowest BCUT2D eigenvalue weighted by atomic mass is 10.0. The molecule has 1 aromatic carbocycles. The van der Waals surface area contributed by atoms with Gasteiger partial charge in [-0.15, -0.1) is 0 Å². The molecule has 1 fully saturated rings. The average Bonchev–Trinajstić information content (AvgIpc) is 2.45. The second-order valence-corrected chi connectivity index (χ2v) is 3.90. The summed E-state index contributed by atoms with van der Waals surface area (Å²) in [6.07, 6.45) is 0.386. The molecule has 0 bridgehead atoms. The van der Waals surface area contributed by atoms with E-state index >= 15 is 0 Å². The molecule has 0 aliphatic carbocycles. The Hall–Kier alpha value is -1.06. The van der Waals surface area contributed by atoms with Crippen molar-refractivity contribution < 1.29 is 4.79 Å². The molecular formula is C10H11ClN2O. The van der Waals surface area contributed by atoms with E-state index in [1.807, 2.05) is 18.2 Å². The highest BCUT2D eigenvalue weighted by molar-refractivity contribution is 6.30. The molecule has 0 unspecified atom stereocenters. The van der Waals surface area contributed by atoms with Gasteiger partial charge in [0.05, 0.1) is 6.04 Å². The van der Waals surface area contributed by atoms with Gasteiger partial charge >= 0.3 is 0 Å². The number of amides is 1. The summed E-state index contributed by atoms with van der Waals surface area (Å²) in [4.78, 5) is 11.1. The van der Waals surface area contributed by atoms with Gasteiger partial charge < -0.3 is 11.1 Å². The minimum Gasteiger partial charge on any atom is -0.348 e. The predicted octanol–water partition coefficient (Wildman–Crippen LogP) is 1.23. The summed E-state index contributed by atoms with van der Waals surface area (Å²) < 4.78 is 0. The van der Waals surface area contributed by atoms with Crippen LogP contribution in [0.15, 0.2) is 24.3 Å². The zero-order valence-corrected chi connectivity index (χ0v) is 8.29. The van der Waals surface area contributed by atoms with E-state index in [4.69, 9.17) is 17.3 Å². The van der Waals surface area contributed by atoms with E-state index in [-0.39, 0.29) is 18.0 Å². The quantitative estimate of drug-likeness (QED) is 0.733. The van der Waals surface area contributed by atoms with Crippen LogP contribution in [-0.2, 0) is 4.79 Å². The van der Waals surface area contributed by atoms with Gasteiger partial charge in [0.2, 0.25) is 5.91 Å². The lowest BCUT2D eigenvalue weighted by Crippen LogP contribution is -2.28. The van der Waals surface area contributed by atoms with Gasteiger partial charge in [-0.05, 0) is 17.7 Å². The van der Waals surface area contributed by atoms with E-state index in [1.54, 1.807) is 6.07 Å². The first-order valence-electron chi connectivity index (χ1n) is 4.47. The number of hydrogen-bond donors (Lipinski definition) is 2. The third-order valence-corrected chi connectivity index (χ3v) is 2.61. The first-order chi connectivity index (χ1) is 6.66. The third-order valence-electron chi connectivity index (χ3n) is 2.37. The van der Waals surface area contributed by atoms with Crippen molar-refractivity contribution in [2.24, 2.45) is 5.73 Å². The molecule has 14 heavy (non-hydrogen) atoms. The van der Waals surface area contributed by atoms with E-state index < -0.39 is 0 Å². The van der Waals surface area contributed by atoms with Gasteiger partial charge in [0, 0.05) is 17.5 Å². The minimum atomic E-state index is -0.152. The highest BCUT2D eigenvalue weighted by atomic mass is 35.5. The maximum absolute atomic E-state index is 11.1. The lowest BCUT2D eigenvalue weighted by Gasteiger charge is -2.15. The van der Waals surface area contributed by atoms with E-state index in [0.29, 0.717) is 11.4 Å². The Balaban J connectivity index is 2.27. The minimum absolute atomic E-state index is 0.00229. The zero-order valence-electron chi connectivity index (χ0n) is 7.53. The zero-order chi connectivity index (χ0) is 10.1. The van der Waals surface area contributed by atoms with Crippen molar-refractivity contribution in [3.63, 3.8) is 0 Å². The number of carbonyl (C=O) groups is 1. The number of hydrogen-bond acceptors (Lipinski definition) is 2. The Morgan fingerprint density at radius 3 is 2.86 bits per heavy atom. The number of benzene rings is 1. The summed E-state index contributed by atoms with van der Waals surface area (Å²) >= 11 is 5.85. The molecule has 1 saturated heterocycles. The molecule has 1 heterocycles. The van der Waals surface area contributed by atoms with Crippen molar-refractivity contribution >= 4 is 17.5 Å². The molecule has 2 atom stereocenters. The van der Waals surface area contributed by atoms with Crippen LogP contribution in [0.25, 0.3) is 0 Å². The second kappa shape index (κ2) is 3.59. The summed E-state index contributed by atoms with van der Waals surface area (Å²) in [5.41, 5.74) is 6.79. The molecular weight excluding hydrogens is 200 g/mol. The Kier molecular flexibility index (Phi) is 2.44. The van der Waals surface area contributed by atoms with Gasteiger partial charge in [0.25, 0.3) is 0 Å². The number of nitrogens with two attached hydrogens (primary N) is 1. The van der Waals surface area contributed by atoms with Crippen LogP contribution in [0.5, 0.6) is 0 Å². The molecule has 1 aromatic rings. The molecule has 0 aromatic heterocycles. The molecule has 1 aliphatic rings. The SMILES string of the molecule is N[C@@H]1CC(=O)N[C@H]1c1cccc(Cl)c1. The van der Waals surface area contributed by atoms with Crippen molar-refractivity contribution in [2.45, 2.75) is 18.5 Å². The van der Waals surface area contributed by atoms with Crippen LogP contribution in [0.3, 0.4) is 0 Å². The van der Waals surface area contributed by atoms with Crippen molar-refractivity contribution in [3.05, 3.63) is 34.9 Å². The lowest BCUT2D eigenvalue weighted by molar-refractivity contribution is -0.119. The molecule has 1 amide bonds. The normalized spacial score (nSPS) is 26.3. The van der Waals surface area contributed by atoms with Crippen LogP contribution in [0.4, 0.5) is 0 Å². The van der Waals surface area contributed by atoms with Gasteiger partial charge in [0.15, 0.2) is 0 Å². The monoisotopic (exact) mass is 210 g/mol. The molecule has 0 saturated carbocycles. The maximum atomic E-state index is 11.1. The molecule has 1 aliphatic heterocycles. The van der Waals surface area contributed by atoms with Gasteiger partial charge in [-0.2, -0.15) is 0 Å². The fourth-order valence-corrected chi connectivity index (χ4v) is 1.90. The van der Waals surface area contributed by atoms with Gasteiger partial charge in [-0.25, -0.2) is 0 Å². The summed E-state index contributed by atoms with van der Waals surface area (Å²) in [5, 5.41) is 3.49. The first-order valence-corrected chi connectivity index (χ1v) is 4.85. The van der Waals surface area contributed by atoms with Crippen molar-refractivity contribution in [3.8, 4) is 0 Å². The van der Waals surface area contributed by atoms with Crippen LogP contribution < -0.4 is 11.1 Å². The van der Waals surface area contributed by atoms with Crippen molar-refractivity contribution in [1.82, 2.24) is 5.32 Å². The summed E-state index contributed by atoms with van der Waals surface area (Å²) in [7, 11) is 0. The predicted molar refractivity (Wildman–Crippen MR) is 54.9 cm³/mol. The third kappa shape index (κ3) is 1.74. The molecule has 4 heteroatoms. The molecule has 3 nitrogen and oxygen atoms in total. The first kappa shape index (κ1) is 9.49. The Morgan fingerprint density at radius 2 is 2.29 bits per heavy atom. The van der Waals surface area contributed by atoms with Crippen LogP contribution in [0, 0.1) is 0 Å². The van der Waals surface area contributed by atoms with Gasteiger partial charge in [0.1, 0.15) is 0 Å². The highest BCUT2D eigenvalue weighted by Gasteiger charge is 2.30. The Morgan fingerprint density at radius 1 is 1.50 bits per heavy atom. The highest BCUT2D eigenvalue weighted by Crippen LogP contribution is 2.24. The fraction of sp³-hybridized carbons (Fsp3) is 0.300. The van der Waals surface area contributed by atoms with Crippen molar-refractivity contribution in [1.29, 1.82) is 0 Å². The van der Waals surface area contributed by atoms with Crippen LogP contribution in [-0.4, -0.2) is 11.9 Å². The summed E-state index contributed by atoms with van der Waals surface area (Å²) in [6.45, 7) is 0. The van der Waals surface area contributed by atoms with E-state index in [0.717, 1.165) is 5.56 Å². The van der Waals surface area contributed by atoms with Crippen LogP contribution in [0.2, 0.25) is 5.02 Å². The smallest absolute Gasteiger partial charge is 0.222 e. The molecule has 74 valence electrons.